The van der Waals surface area contributed by atoms with Gasteiger partial charge in [0, 0.05) is 6.42 Å². The maximum Gasteiger partial charge on any atom is 0.257 e. The predicted molar refractivity (Wildman–Crippen MR) is 98.1 cm³/mol. The molecule has 1 aromatic carbocycles. The third kappa shape index (κ3) is 3.37. The molecule has 2 aromatic rings. The molecular formula is C20H23N3O3. The van der Waals surface area contributed by atoms with Gasteiger partial charge in [-0.2, -0.15) is 5.10 Å². The minimum Gasteiger partial charge on any atom is -0.497 e. The van der Waals surface area contributed by atoms with Crippen molar-refractivity contribution in [3.63, 3.8) is 0 Å². The molecule has 0 bridgehead atoms. The van der Waals surface area contributed by atoms with Gasteiger partial charge in [-0.05, 0) is 67.9 Å². The second-order valence-electron chi connectivity index (χ2n) is 6.73. The third-order valence-corrected chi connectivity index (χ3v) is 5.02. The van der Waals surface area contributed by atoms with Gasteiger partial charge in [0.2, 0.25) is 0 Å². The van der Waals surface area contributed by atoms with Crippen molar-refractivity contribution >= 4 is 11.6 Å². The molecule has 2 aliphatic heterocycles. The van der Waals surface area contributed by atoms with Gasteiger partial charge in [-0.3, -0.25) is 9.69 Å². The average molecular weight is 353 g/mol. The molecule has 0 radical (unpaired) electrons. The molecule has 0 saturated carbocycles. The maximum absolute atomic E-state index is 12.9. The molecule has 6 nitrogen and oxygen atoms in total. The highest BCUT2D eigenvalue weighted by molar-refractivity contribution is 6.03. The van der Waals surface area contributed by atoms with E-state index < -0.39 is 0 Å². The van der Waals surface area contributed by atoms with Crippen molar-refractivity contribution in [1.29, 1.82) is 0 Å². The van der Waals surface area contributed by atoms with Gasteiger partial charge in [0.05, 0.1) is 25.6 Å². The second-order valence-corrected chi connectivity index (χ2v) is 6.73. The molecule has 6 heteroatoms. The number of amides is 1. The normalized spacial score (nSPS) is 20.4. The van der Waals surface area contributed by atoms with E-state index in [1.165, 1.54) is 0 Å². The Morgan fingerprint density at radius 1 is 1.23 bits per heavy atom. The lowest BCUT2D eigenvalue weighted by Gasteiger charge is -2.22. The van der Waals surface area contributed by atoms with E-state index in [9.17, 15) is 4.79 Å². The first-order valence-electron chi connectivity index (χ1n) is 9.04. The highest BCUT2D eigenvalue weighted by Crippen LogP contribution is 2.33. The Balaban J connectivity index is 1.58. The minimum absolute atomic E-state index is 0.0248. The van der Waals surface area contributed by atoms with Crippen LogP contribution in [0.2, 0.25) is 0 Å². The topological polar surface area (TPSA) is 58.3 Å². The van der Waals surface area contributed by atoms with E-state index >= 15 is 0 Å². The molecule has 1 amide bonds. The number of hydrazone groups is 1. The molecule has 1 saturated heterocycles. The number of benzene rings is 1. The van der Waals surface area contributed by atoms with Crippen molar-refractivity contribution in [3.8, 4) is 5.75 Å². The molecule has 0 N–H and O–H groups in total. The molecule has 26 heavy (non-hydrogen) atoms. The van der Waals surface area contributed by atoms with E-state index in [1.54, 1.807) is 18.4 Å². The van der Waals surface area contributed by atoms with Crippen LogP contribution in [0.1, 0.15) is 36.6 Å². The number of furan rings is 1. The molecule has 0 unspecified atom stereocenters. The third-order valence-electron chi connectivity index (χ3n) is 5.02. The number of ether oxygens (including phenoxy) is 1. The lowest BCUT2D eigenvalue weighted by molar-refractivity contribution is -0.134. The van der Waals surface area contributed by atoms with Gasteiger partial charge in [-0.15, -0.1) is 0 Å². The van der Waals surface area contributed by atoms with Crippen LogP contribution in [0.4, 0.5) is 0 Å². The van der Waals surface area contributed by atoms with E-state index in [0.29, 0.717) is 13.0 Å². The first-order chi connectivity index (χ1) is 12.7. The zero-order valence-corrected chi connectivity index (χ0v) is 14.9. The van der Waals surface area contributed by atoms with Crippen molar-refractivity contribution in [2.24, 2.45) is 5.10 Å². The summed E-state index contributed by atoms with van der Waals surface area (Å²) in [6, 6.07) is 11.4. The summed E-state index contributed by atoms with van der Waals surface area (Å²) in [6.45, 7) is 2.39. The molecule has 1 aromatic heterocycles. The molecule has 1 fully saturated rings. The number of carbonyl (C=O) groups excluding carboxylic acids is 1. The SMILES string of the molecule is COc1ccc(C2=NN(C(=O)CN3CCCC3)[C@H](c3ccco3)C2)cc1. The fraction of sp³-hybridized carbons (Fsp3) is 0.400. The summed E-state index contributed by atoms with van der Waals surface area (Å²) in [6.07, 6.45) is 4.61. The summed E-state index contributed by atoms with van der Waals surface area (Å²) in [7, 11) is 1.65. The van der Waals surface area contributed by atoms with Gasteiger partial charge in [-0.1, -0.05) is 0 Å². The monoisotopic (exact) mass is 353 g/mol. The quantitative estimate of drug-likeness (QED) is 0.829. The second kappa shape index (κ2) is 7.33. The van der Waals surface area contributed by atoms with Gasteiger partial charge in [0.15, 0.2) is 0 Å². The van der Waals surface area contributed by atoms with Crippen LogP contribution < -0.4 is 4.74 Å². The molecule has 0 spiro atoms. The van der Waals surface area contributed by atoms with Crippen molar-refractivity contribution in [1.82, 2.24) is 9.91 Å². The summed E-state index contributed by atoms with van der Waals surface area (Å²) >= 11 is 0. The molecule has 136 valence electrons. The number of nitrogens with zero attached hydrogens (tertiary/aromatic N) is 3. The molecule has 0 aliphatic carbocycles. The van der Waals surface area contributed by atoms with E-state index in [0.717, 1.165) is 48.7 Å². The molecule has 1 atom stereocenters. The zero-order valence-electron chi connectivity index (χ0n) is 14.9. The van der Waals surface area contributed by atoms with Crippen LogP contribution in [0.5, 0.6) is 5.75 Å². The van der Waals surface area contributed by atoms with Gasteiger partial charge in [0.1, 0.15) is 17.6 Å². The summed E-state index contributed by atoms with van der Waals surface area (Å²) < 4.78 is 10.8. The molecular weight excluding hydrogens is 330 g/mol. The summed E-state index contributed by atoms with van der Waals surface area (Å²) in [5.41, 5.74) is 1.89. The Labute approximate surface area is 153 Å². The lowest BCUT2D eigenvalue weighted by atomic mass is 10.0. The van der Waals surface area contributed by atoms with Crippen molar-refractivity contribution in [3.05, 3.63) is 54.0 Å². The van der Waals surface area contributed by atoms with Crippen molar-refractivity contribution < 1.29 is 13.9 Å². The van der Waals surface area contributed by atoms with Crippen LogP contribution in [0, 0.1) is 0 Å². The first kappa shape index (κ1) is 16.8. The van der Waals surface area contributed by atoms with E-state index in [-0.39, 0.29) is 11.9 Å². The molecule has 2 aliphatic rings. The fourth-order valence-electron chi connectivity index (χ4n) is 3.61. The van der Waals surface area contributed by atoms with Crippen molar-refractivity contribution in [2.45, 2.75) is 25.3 Å². The Morgan fingerprint density at radius 3 is 2.65 bits per heavy atom. The van der Waals surface area contributed by atoms with E-state index in [4.69, 9.17) is 9.15 Å². The smallest absolute Gasteiger partial charge is 0.257 e. The Morgan fingerprint density at radius 2 is 2.00 bits per heavy atom. The van der Waals surface area contributed by atoms with Crippen LogP contribution in [0.15, 0.2) is 52.2 Å². The van der Waals surface area contributed by atoms with Gasteiger partial charge >= 0.3 is 0 Å². The Hall–Kier alpha value is -2.60. The predicted octanol–water partition coefficient (Wildman–Crippen LogP) is 3.06. The van der Waals surface area contributed by atoms with Crippen LogP contribution in [0.3, 0.4) is 0 Å². The number of rotatable bonds is 5. The summed E-state index contributed by atoms with van der Waals surface area (Å²) in [4.78, 5) is 15.1. The van der Waals surface area contributed by atoms with E-state index in [2.05, 4.69) is 10.0 Å². The van der Waals surface area contributed by atoms with Crippen LogP contribution >= 0.6 is 0 Å². The van der Waals surface area contributed by atoms with Crippen LogP contribution in [0.25, 0.3) is 0 Å². The highest BCUT2D eigenvalue weighted by atomic mass is 16.5. The Kier molecular flexibility index (Phi) is 4.75. The average Bonchev–Trinajstić information content (AvgIpc) is 3.42. The van der Waals surface area contributed by atoms with Crippen LogP contribution in [-0.2, 0) is 4.79 Å². The van der Waals surface area contributed by atoms with E-state index in [1.807, 2.05) is 36.4 Å². The van der Waals surface area contributed by atoms with Crippen LogP contribution in [-0.4, -0.2) is 48.3 Å². The molecule has 3 heterocycles. The number of hydrogen-bond acceptors (Lipinski definition) is 5. The summed E-state index contributed by atoms with van der Waals surface area (Å²) in [5, 5.41) is 6.27. The number of likely N-dealkylation sites (tertiary alicyclic amines) is 1. The summed E-state index contributed by atoms with van der Waals surface area (Å²) in [5.74, 6) is 1.60. The number of carbonyl (C=O) groups is 1. The standard InChI is InChI=1S/C20H23N3O3/c1-25-16-8-6-15(7-9-16)17-13-18(19-5-4-12-26-19)23(21-17)20(24)14-22-10-2-3-11-22/h4-9,12,18H,2-3,10-11,13-14H2,1H3/t18-/m0/s1. The van der Waals surface area contributed by atoms with Crippen molar-refractivity contribution in [2.75, 3.05) is 26.7 Å². The largest absolute Gasteiger partial charge is 0.497 e. The van der Waals surface area contributed by atoms with Gasteiger partial charge < -0.3 is 9.15 Å². The Bertz CT molecular complexity index is 777. The minimum atomic E-state index is -0.183. The van der Waals surface area contributed by atoms with Gasteiger partial charge in [-0.25, -0.2) is 5.01 Å². The lowest BCUT2D eigenvalue weighted by Crippen LogP contribution is -2.36. The highest BCUT2D eigenvalue weighted by Gasteiger charge is 2.35. The first-order valence-corrected chi connectivity index (χ1v) is 9.04. The maximum atomic E-state index is 12.9. The molecule has 4 rings (SSSR count). The number of methoxy groups -OCH3 is 1. The van der Waals surface area contributed by atoms with Gasteiger partial charge in [0.25, 0.3) is 5.91 Å². The fourth-order valence-corrected chi connectivity index (χ4v) is 3.61. The number of hydrogen-bond donors (Lipinski definition) is 0. The zero-order chi connectivity index (χ0) is 17.9.